The number of thiazole rings is 1. The fourth-order valence-electron chi connectivity index (χ4n) is 2.53. The van der Waals surface area contributed by atoms with Crippen LogP contribution in [0.2, 0.25) is 0 Å². The van der Waals surface area contributed by atoms with Crippen molar-refractivity contribution < 1.29 is 5.11 Å². The molecule has 2 heterocycles. The van der Waals surface area contributed by atoms with E-state index in [2.05, 4.69) is 34.5 Å². The summed E-state index contributed by atoms with van der Waals surface area (Å²) in [7, 11) is 0. The molecule has 1 unspecified atom stereocenters. The van der Waals surface area contributed by atoms with Gasteiger partial charge in [-0.1, -0.05) is 13.3 Å². The van der Waals surface area contributed by atoms with Crippen molar-refractivity contribution in [3.8, 4) is 0 Å². The van der Waals surface area contributed by atoms with Gasteiger partial charge in [0, 0.05) is 37.5 Å². The van der Waals surface area contributed by atoms with Gasteiger partial charge in [0.05, 0.1) is 12.2 Å². The molecule has 0 saturated heterocycles. The van der Waals surface area contributed by atoms with Crippen LogP contribution in [0.3, 0.4) is 0 Å². The van der Waals surface area contributed by atoms with Gasteiger partial charge in [0.2, 0.25) is 0 Å². The second kappa shape index (κ2) is 9.52. The molecule has 7 heteroatoms. The van der Waals surface area contributed by atoms with Crippen LogP contribution in [-0.2, 0) is 6.54 Å². The predicted octanol–water partition coefficient (Wildman–Crippen LogP) is 2.25. The number of fused-ring (bicyclic) bond motifs is 1. The van der Waals surface area contributed by atoms with Gasteiger partial charge in [0.15, 0.2) is 10.9 Å². The second-order valence-electron chi connectivity index (χ2n) is 5.57. The monoisotopic (exact) mass is 337 g/mol. The van der Waals surface area contributed by atoms with Gasteiger partial charge in [-0.15, -0.1) is 11.3 Å². The summed E-state index contributed by atoms with van der Waals surface area (Å²) in [5.74, 6) is 1.29. The molecule has 0 aliphatic heterocycles. The molecule has 6 nitrogen and oxygen atoms in total. The van der Waals surface area contributed by atoms with E-state index in [1.165, 1.54) is 0 Å². The van der Waals surface area contributed by atoms with Crippen molar-refractivity contribution in [1.29, 1.82) is 0 Å². The third-order valence-corrected chi connectivity index (χ3v) is 4.45. The number of hydrogen-bond acceptors (Lipinski definition) is 4. The Morgan fingerprint density at radius 1 is 1.39 bits per heavy atom. The SMILES string of the molecule is CCCC(CCO)CNC(=NCc1cn2ccsc2n1)NCC. The first-order chi connectivity index (χ1) is 11.3. The summed E-state index contributed by atoms with van der Waals surface area (Å²) in [6.45, 7) is 6.68. The Hall–Kier alpha value is -1.60. The predicted molar refractivity (Wildman–Crippen MR) is 96.0 cm³/mol. The lowest BCUT2D eigenvalue weighted by Crippen LogP contribution is -2.40. The van der Waals surface area contributed by atoms with Crippen molar-refractivity contribution >= 4 is 22.3 Å². The molecule has 0 aliphatic rings. The van der Waals surface area contributed by atoms with Gasteiger partial charge in [-0.3, -0.25) is 4.40 Å². The van der Waals surface area contributed by atoms with E-state index >= 15 is 0 Å². The zero-order chi connectivity index (χ0) is 16.5. The molecule has 128 valence electrons. The highest BCUT2D eigenvalue weighted by Crippen LogP contribution is 2.12. The minimum absolute atomic E-state index is 0.241. The molecule has 0 bridgehead atoms. The Morgan fingerprint density at radius 2 is 2.26 bits per heavy atom. The van der Waals surface area contributed by atoms with Crippen molar-refractivity contribution in [2.45, 2.75) is 39.7 Å². The maximum atomic E-state index is 9.15. The van der Waals surface area contributed by atoms with E-state index in [0.29, 0.717) is 12.5 Å². The first-order valence-electron chi connectivity index (χ1n) is 8.30. The Kier molecular flexibility index (Phi) is 7.35. The topological polar surface area (TPSA) is 74.0 Å². The second-order valence-corrected chi connectivity index (χ2v) is 6.44. The zero-order valence-electron chi connectivity index (χ0n) is 14.0. The smallest absolute Gasteiger partial charge is 0.193 e. The van der Waals surface area contributed by atoms with Gasteiger partial charge in [0.1, 0.15) is 0 Å². The Labute approximate surface area is 141 Å². The Morgan fingerprint density at radius 3 is 2.96 bits per heavy atom. The average Bonchev–Trinajstić information content (AvgIpc) is 3.11. The number of guanidine groups is 1. The third kappa shape index (κ3) is 5.51. The van der Waals surface area contributed by atoms with Crippen LogP contribution in [-0.4, -0.2) is 40.1 Å². The van der Waals surface area contributed by atoms with Crippen LogP contribution in [0, 0.1) is 5.92 Å². The van der Waals surface area contributed by atoms with Crippen LogP contribution in [0.15, 0.2) is 22.8 Å². The number of aliphatic hydroxyl groups excluding tert-OH is 1. The molecule has 23 heavy (non-hydrogen) atoms. The van der Waals surface area contributed by atoms with E-state index in [1.54, 1.807) is 11.3 Å². The van der Waals surface area contributed by atoms with Gasteiger partial charge < -0.3 is 15.7 Å². The molecule has 0 fully saturated rings. The van der Waals surface area contributed by atoms with Crippen molar-refractivity contribution in [2.24, 2.45) is 10.9 Å². The lowest BCUT2D eigenvalue weighted by atomic mass is 10.0. The fraction of sp³-hybridized carbons (Fsp3) is 0.625. The van der Waals surface area contributed by atoms with Gasteiger partial charge in [-0.2, -0.15) is 0 Å². The van der Waals surface area contributed by atoms with Gasteiger partial charge in [0.25, 0.3) is 0 Å². The zero-order valence-corrected chi connectivity index (χ0v) is 14.8. The number of aromatic nitrogens is 2. The molecule has 3 N–H and O–H groups in total. The molecule has 2 aromatic heterocycles. The number of nitrogens with one attached hydrogen (secondary N) is 2. The van der Waals surface area contributed by atoms with Crippen molar-refractivity contribution in [1.82, 2.24) is 20.0 Å². The quantitative estimate of drug-likeness (QED) is 0.485. The maximum Gasteiger partial charge on any atom is 0.193 e. The summed E-state index contributed by atoms with van der Waals surface area (Å²) in [6.07, 6.45) is 7.10. The molecular formula is C16H27N5OS. The number of hydrogen-bond donors (Lipinski definition) is 3. The van der Waals surface area contributed by atoms with Gasteiger partial charge >= 0.3 is 0 Å². The number of nitrogens with zero attached hydrogens (tertiary/aromatic N) is 3. The van der Waals surface area contributed by atoms with E-state index < -0.39 is 0 Å². The van der Waals surface area contributed by atoms with Crippen molar-refractivity contribution in [3.05, 3.63) is 23.5 Å². The molecule has 0 saturated carbocycles. The molecule has 1 atom stereocenters. The first kappa shape index (κ1) is 17.7. The van der Waals surface area contributed by atoms with E-state index in [-0.39, 0.29) is 6.61 Å². The summed E-state index contributed by atoms with van der Waals surface area (Å²) in [4.78, 5) is 10.2. The Bertz CT molecular complexity index is 572. The number of rotatable bonds is 9. The summed E-state index contributed by atoms with van der Waals surface area (Å²) >= 11 is 1.63. The standard InChI is InChI=1S/C16H27N5OS/c1-3-5-13(6-8-22)10-18-15(17-4-2)19-11-14-12-21-7-9-23-16(21)20-14/h7,9,12-13,22H,3-6,8,10-11H2,1-2H3,(H2,17,18,19). The molecule has 0 amide bonds. The van der Waals surface area contributed by atoms with Crippen LogP contribution in [0.25, 0.3) is 4.96 Å². The highest BCUT2D eigenvalue weighted by Gasteiger charge is 2.08. The van der Waals surface area contributed by atoms with Crippen molar-refractivity contribution in [3.63, 3.8) is 0 Å². The minimum Gasteiger partial charge on any atom is -0.396 e. The average molecular weight is 337 g/mol. The van der Waals surface area contributed by atoms with Gasteiger partial charge in [-0.05, 0) is 25.7 Å². The van der Waals surface area contributed by atoms with Crippen LogP contribution < -0.4 is 10.6 Å². The highest BCUT2D eigenvalue weighted by molar-refractivity contribution is 7.15. The van der Waals surface area contributed by atoms with E-state index in [9.17, 15) is 0 Å². The number of aliphatic imine (C=N–C) groups is 1. The molecular weight excluding hydrogens is 310 g/mol. The first-order valence-corrected chi connectivity index (χ1v) is 9.18. The van der Waals surface area contributed by atoms with E-state index in [0.717, 1.165) is 49.0 Å². The number of aliphatic hydroxyl groups is 1. The summed E-state index contributed by atoms with van der Waals surface area (Å²) in [6, 6.07) is 0. The highest BCUT2D eigenvalue weighted by atomic mass is 32.1. The molecule has 2 rings (SSSR count). The minimum atomic E-state index is 0.241. The van der Waals surface area contributed by atoms with Crippen LogP contribution in [0.4, 0.5) is 0 Å². The van der Waals surface area contributed by atoms with Crippen LogP contribution >= 0.6 is 11.3 Å². The Balaban J connectivity index is 1.91. The van der Waals surface area contributed by atoms with Gasteiger partial charge in [-0.25, -0.2) is 9.98 Å². The molecule has 2 aromatic rings. The van der Waals surface area contributed by atoms with Crippen LogP contribution in [0.1, 0.15) is 38.8 Å². The molecule has 0 aromatic carbocycles. The third-order valence-electron chi connectivity index (χ3n) is 3.68. The molecule has 0 aliphatic carbocycles. The molecule has 0 spiro atoms. The lowest BCUT2D eigenvalue weighted by molar-refractivity contribution is 0.251. The molecule has 0 radical (unpaired) electrons. The van der Waals surface area contributed by atoms with Crippen LogP contribution in [0.5, 0.6) is 0 Å². The summed E-state index contributed by atoms with van der Waals surface area (Å²) in [5, 5.41) is 17.8. The fourth-order valence-corrected chi connectivity index (χ4v) is 3.25. The summed E-state index contributed by atoms with van der Waals surface area (Å²) < 4.78 is 2.02. The summed E-state index contributed by atoms with van der Waals surface area (Å²) in [5.41, 5.74) is 0.967. The lowest BCUT2D eigenvalue weighted by Gasteiger charge is -2.18. The normalized spacial score (nSPS) is 13.4. The van der Waals surface area contributed by atoms with E-state index in [4.69, 9.17) is 5.11 Å². The van der Waals surface area contributed by atoms with Crippen molar-refractivity contribution in [2.75, 3.05) is 19.7 Å². The largest absolute Gasteiger partial charge is 0.396 e. The maximum absolute atomic E-state index is 9.15. The number of imidazole rings is 1. The van der Waals surface area contributed by atoms with E-state index in [1.807, 2.05) is 22.2 Å².